The molecule has 2 aromatic rings. The number of carbonyl (C=O) groups is 2. The van der Waals surface area contributed by atoms with Gasteiger partial charge in [-0.1, -0.05) is 0 Å². The Bertz CT molecular complexity index is 687. The molecule has 3 rings (SSSR count). The normalized spacial score (nSPS) is 16.3. The number of carboxylic acids is 1. The number of aryl methyl sites for hydroxylation is 1. The summed E-state index contributed by atoms with van der Waals surface area (Å²) in [6, 6.07) is 1.73. The quantitative estimate of drug-likeness (QED) is 0.715. The molecule has 1 aliphatic rings. The summed E-state index contributed by atoms with van der Waals surface area (Å²) in [5.41, 5.74) is 0.641. The van der Waals surface area contributed by atoms with Crippen LogP contribution in [0.4, 0.5) is 5.69 Å². The molecule has 1 amide bonds. The summed E-state index contributed by atoms with van der Waals surface area (Å²) in [5.74, 6) is -1.55. The maximum Gasteiger partial charge on any atom is 0.319 e. The Balaban J connectivity index is 1.87. The Morgan fingerprint density at radius 3 is 2.84 bits per heavy atom. The van der Waals surface area contributed by atoms with E-state index in [2.05, 4.69) is 20.5 Å². The second-order valence-corrected chi connectivity index (χ2v) is 4.79. The van der Waals surface area contributed by atoms with Crippen LogP contribution in [-0.4, -0.2) is 32.2 Å². The number of amides is 1. The van der Waals surface area contributed by atoms with Crippen LogP contribution in [0.3, 0.4) is 0 Å². The SMILES string of the molecule is Cc1[nH]nc2ncc(NC(=O)C3(C(=O)O)CC3)cc12. The fourth-order valence-electron chi connectivity index (χ4n) is 2.00. The highest BCUT2D eigenvalue weighted by Gasteiger charge is 2.57. The smallest absolute Gasteiger partial charge is 0.319 e. The first-order valence-electron chi connectivity index (χ1n) is 5.88. The molecule has 0 aliphatic heterocycles. The van der Waals surface area contributed by atoms with Crippen molar-refractivity contribution >= 4 is 28.6 Å². The van der Waals surface area contributed by atoms with Gasteiger partial charge < -0.3 is 10.4 Å². The maximum absolute atomic E-state index is 12.0. The molecule has 0 aromatic carbocycles. The average Bonchev–Trinajstić information content (AvgIpc) is 3.12. The van der Waals surface area contributed by atoms with Gasteiger partial charge in [0.25, 0.3) is 0 Å². The number of hydrogen-bond acceptors (Lipinski definition) is 4. The van der Waals surface area contributed by atoms with Gasteiger partial charge in [-0.3, -0.25) is 14.7 Å². The minimum atomic E-state index is -1.25. The molecule has 0 radical (unpaired) electrons. The molecule has 7 nitrogen and oxygen atoms in total. The zero-order valence-corrected chi connectivity index (χ0v) is 10.2. The lowest BCUT2D eigenvalue weighted by Crippen LogP contribution is -2.31. The molecular weight excluding hydrogens is 248 g/mol. The van der Waals surface area contributed by atoms with Crippen molar-refractivity contribution in [1.82, 2.24) is 15.2 Å². The van der Waals surface area contributed by atoms with Gasteiger partial charge in [-0.2, -0.15) is 5.10 Å². The van der Waals surface area contributed by atoms with Crippen LogP contribution in [-0.2, 0) is 9.59 Å². The van der Waals surface area contributed by atoms with Crippen LogP contribution in [0, 0.1) is 12.3 Å². The van der Waals surface area contributed by atoms with Crippen molar-refractivity contribution in [3.05, 3.63) is 18.0 Å². The van der Waals surface area contributed by atoms with E-state index in [1.54, 1.807) is 6.07 Å². The first kappa shape index (κ1) is 11.6. The molecule has 1 fully saturated rings. The number of aromatic amines is 1. The lowest BCUT2D eigenvalue weighted by atomic mass is 10.1. The molecule has 3 N–H and O–H groups in total. The summed E-state index contributed by atoms with van der Waals surface area (Å²) in [6.45, 7) is 1.85. The Labute approximate surface area is 108 Å². The highest BCUT2D eigenvalue weighted by atomic mass is 16.4. The predicted octanol–water partition coefficient (Wildman–Crippen LogP) is 1.07. The Kier molecular flexibility index (Phi) is 2.31. The van der Waals surface area contributed by atoms with E-state index in [1.807, 2.05) is 6.92 Å². The van der Waals surface area contributed by atoms with Crippen LogP contribution >= 0.6 is 0 Å². The van der Waals surface area contributed by atoms with Crippen LogP contribution < -0.4 is 5.32 Å². The van der Waals surface area contributed by atoms with Gasteiger partial charge in [-0.15, -0.1) is 0 Å². The number of rotatable bonds is 3. The molecule has 0 bridgehead atoms. The van der Waals surface area contributed by atoms with E-state index >= 15 is 0 Å². The molecule has 0 saturated heterocycles. The topological polar surface area (TPSA) is 108 Å². The monoisotopic (exact) mass is 260 g/mol. The highest BCUT2D eigenvalue weighted by molar-refractivity contribution is 6.11. The summed E-state index contributed by atoms with van der Waals surface area (Å²) in [6.07, 6.45) is 2.24. The number of carboxylic acid groups (broad SMARTS) is 1. The van der Waals surface area contributed by atoms with Gasteiger partial charge in [0.15, 0.2) is 5.65 Å². The third-order valence-electron chi connectivity index (χ3n) is 3.45. The number of nitrogens with one attached hydrogen (secondary N) is 2. The number of fused-ring (bicyclic) bond motifs is 1. The van der Waals surface area contributed by atoms with Crippen molar-refractivity contribution < 1.29 is 14.7 Å². The van der Waals surface area contributed by atoms with Crippen LogP contribution in [0.5, 0.6) is 0 Å². The average molecular weight is 260 g/mol. The first-order chi connectivity index (χ1) is 9.03. The molecule has 1 saturated carbocycles. The van der Waals surface area contributed by atoms with E-state index in [1.165, 1.54) is 6.20 Å². The van der Waals surface area contributed by atoms with Gasteiger partial charge in [-0.05, 0) is 25.8 Å². The molecule has 0 unspecified atom stereocenters. The second-order valence-electron chi connectivity index (χ2n) is 4.79. The minimum absolute atomic E-state index is 0.384. The van der Waals surface area contributed by atoms with Crippen LogP contribution in [0.25, 0.3) is 11.0 Å². The molecule has 7 heteroatoms. The predicted molar refractivity (Wildman–Crippen MR) is 66.6 cm³/mol. The van der Waals surface area contributed by atoms with E-state index in [-0.39, 0.29) is 0 Å². The summed E-state index contributed by atoms with van der Waals surface area (Å²) in [7, 11) is 0. The number of nitrogens with zero attached hydrogens (tertiary/aromatic N) is 2. The van der Waals surface area contributed by atoms with Crippen molar-refractivity contribution in [2.75, 3.05) is 5.32 Å². The molecule has 98 valence electrons. The Morgan fingerprint density at radius 1 is 1.47 bits per heavy atom. The minimum Gasteiger partial charge on any atom is -0.480 e. The maximum atomic E-state index is 12.0. The third-order valence-corrected chi connectivity index (χ3v) is 3.45. The van der Waals surface area contributed by atoms with Crippen molar-refractivity contribution in [2.45, 2.75) is 19.8 Å². The fourth-order valence-corrected chi connectivity index (χ4v) is 2.00. The highest BCUT2D eigenvalue weighted by Crippen LogP contribution is 2.46. The zero-order valence-electron chi connectivity index (χ0n) is 10.2. The fraction of sp³-hybridized carbons (Fsp3) is 0.333. The number of carbonyl (C=O) groups excluding carboxylic acids is 1. The lowest BCUT2D eigenvalue weighted by Gasteiger charge is -2.10. The van der Waals surface area contributed by atoms with E-state index in [0.717, 1.165) is 11.1 Å². The van der Waals surface area contributed by atoms with Gasteiger partial charge in [0.05, 0.1) is 11.9 Å². The van der Waals surface area contributed by atoms with Crippen molar-refractivity contribution in [3.8, 4) is 0 Å². The van der Waals surface area contributed by atoms with E-state index in [9.17, 15) is 9.59 Å². The summed E-state index contributed by atoms with van der Waals surface area (Å²) >= 11 is 0. The molecule has 0 spiro atoms. The molecule has 2 heterocycles. The van der Waals surface area contributed by atoms with Crippen LogP contribution in [0.2, 0.25) is 0 Å². The number of anilines is 1. The van der Waals surface area contributed by atoms with Gasteiger partial charge >= 0.3 is 5.97 Å². The largest absolute Gasteiger partial charge is 0.480 e. The van der Waals surface area contributed by atoms with Crippen molar-refractivity contribution in [3.63, 3.8) is 0 Å². The number of aromatic nitrogens is 3. The molecular formula is C12H12N4O3. The number of pyridine rings is 1. The Hall–Kier alpha value is -2.44. The van der Waals surface area contributed by atoms with Crippen LogP contribution in [0.15, 0.2) is 12.3 Å². The number of aliphatic carboxylic acids is 1. The summed E-state index contributed by atoms with van der Waals surface area (Å²) in [5, 5.41) is 19.2. The van der Waals surface area contributed by atoms with Gasteiger partial charge in [0, 0.05) is 11.1 Å². The molecule has 0 atom stereocenters. The van der Waals surface area contributed by atoms with E-state index < -0.39 is 17.3 Å². The van der Waals surface area contributed by atoms with Crippen molar-refractivity contribution in [2.24, 2.45) is 5.41 Å². The first-order valence-corrected chi connectivity index (χ1v) is 5.88. The standard InChI is InChI=1S/C12H12N4O3/c1-6-8-4-7(5-13-9(8)16-15-6)14-10(17)12(2-3-12)11(18)19/h4-5H,2-3H2,1H3,(H,14,17)(H,18,19)(H,13,15,16). The molecule has 2 aromatic heterocycles. The van der Waals surface area contributed by atoms with Gasteiger partial charge in [0.2, 0.25) is 5.91 Å². The van der Waals surface area contributed by atoms with E-state index in [4.69, 9.17) is 5.11 Å². The van der Waals surface area contributed by atoms with Gasteiger partial charge in [0.1, 0.15) is 5.41 Å². The van der Waals surface area contributed by atoms with E-state index in [0.29, 0.717) is 24.2 Å². The number of H-pyrrole nitrogens is 1. The lowest BCUT2D eigenvalue weighted by molar-refractivity contribution is -0.147. The van der Waals surface area contributed by atoms with Crippen LogP contribution in [0.1, 0.15) is 18.5 Å². The second kappa shape index (κ2) is 3.78. The molecule has 1 aliphatic carbocycles. The number of hydrogen-bond donors (Lipinski definition) is 3. The third kappa shape index (κ3) is 1.74. The summed E-state index contributed by atoms with van der Waals surface area (Å²) < 4.78 is 0. The molecule has 19 heavy (non-hydrogen) atoms. The van der Waals surface area contributed by atoms with Crippen molar-refractivity contribution in [1.29, 1.82) is 0 Å². The summed E-state index contributed by atoms with van der Waals surface area (Å²) in [4.78, 5) is 27.1. The zero-order chi connectivity index (χ0) is 13.6. The van der Waals surface area contributed by atoms with Gasteiger partial charge in [-0.25, -0.2) is 4.98 Å². The Morgan fingerprint density at radius 2 is 2.21 bits per heavy atom.